The van der Waals surface area contributed by atoms with Crippen LogP contribution >= 0.6 is 0 Å². The molecule has 2 fully saturated rings. The molecule has 6 atom stereocenters. The van der Waals surface area contributed by atoms with E-state index < -0.39 is 5.60 Å². The summed E-state index contributed by atoms with van der Waals surface area (Å²) in [4.78, 5) is 0. The third-order valence-corrected chi connectivity index (χ3v) is 9.47. The van der Waals surface area contributed by atoms with E-state index in [9.17, 15) is 5.11 Å². The van der Waals surface area contributed by atoms with Crippen molar-refractivity contribution in [3.63, 3.8) is 0 Å². The maximum atomic E-state index is 11.1. The molecular weight excluding hydrogens is 322 g/mol. The fourth-order valence-corrected chi connectivity index (χ4v) is 7.95. The third kappa shape index (κ3) is 1.81. The van der Waals surface area contributed by atoms with Gasteiger partial charge >= 0.3 is 0 Å². The van der Waals surface area contributed by atoms with E-state index in [1.165, 1.54) is 24.8 Å². The van der Waals surface area contributed by atoms with Crippen LogP contribution < -0.4 is 0 Å². The summed E-state index contributed by atoms with van der Waals surface area (Å²) >= 11 is 0. The van der Waals surface area contributed by atoms with Gasteiger partial charge in [0, 0.05) is 11.0 Å². The Morgan fingerprint density at radius 1 is 1.08 bits per heavy atom. The van der Waals surface area contributed by atoms with Gasteiger partial charge in [0.25, 0.3) is 0 Å². The molecule has 1 heterocycles. The molecule has 4 aliphatic carbocycles. The number of aromatic nitrogens is 1. The van der Waals surface area contributed by atoms with Gasteiger partial charge in [0.15, 0.2) is 0 Å². The minimum absolute atomic E-state index is 0.0638. The van der Waals surface area contributed by atoms with Crippen LogP contribution in [0.25, 0.3) is 0 Å². The molecule has 0 aliphatic heterocycles. The molecule has 142 valence electrons. The van der Waals surface area contributed by atoms with Crippen molar-refractivity contribution in [2.24, 2.45) is 28.6 Å². The predicted molar refractivity (Wildman–Crippen MR) is 102 cm³/mol. The quantitative estimate of drug-likeness (QED) is 0.663. The average molecular weight is 356 g/mol. The number of allylic oxidation sites excluding steroid dienone is 2. The second-order valence-corrected chi connectivity index (χ2v) is 10.9. The topological polar surface area (TPSA) is 46.3 Å². The van der Waals surface area contributed by atoms with E-state index in [2.05, 4.69) is 45.9 Å². The monoisotopic (exact) mass is 355 g/mol. The van der Waals surface area contributed by atoms with E-state index in [0.717, 1.165) is 25.0 Å². The van der Waals surface area contributed by atoms with E-state index in [4.69, 9.17) is 4.52 Å². The summed E-state index contributed by atoms with van der Waals surface area (Å²) in [5.41, 5.74) is 2.60. The molecule has 0 radical (unpaired) electrons. The van der Waals surface area contributed by atoms with Crippen LogP contribution in [0.2, 0.25) is 0 Å². The summed E-state index contributed by atoms with van der Waals surface area (Å²) in [7, 11) is 0. The van der Waals surface area contributed by atoms with Crippen molar-refractivity contribution >= 4 is 0 Å². The minimum Gasteiger partial charge on any atom is -0.390 e. The van der Waals surface area contributed by atoms with Crippen LogP contribution in [0.4, 0.5) is 0 Å². The maximum Gasteiger partial charge on any atom is 0.149 e. The van der Waals surface area contributed by atoms with Crippen molar-refractivity contribution < 1.29 is 9.63 Å². The Morgan fingerprint density at radius 3 is 2.58 bits per heavy atom. The fourth-order valence-electron chi connectivity index (χ4n) is 7.95. The van der Waals surface area contributed by atoms with Gasteiger partial charge in [-0.25, -0.2) is 0 Å². The molecule has 3 nitrogen and oxygen atoms in total. The van der Waals surface area contributed by atoms with Crippen molar-refractivity contribution in [2.75, 3.05) is 0 Å². The Morgan fingerprint density at radius 2 is 1.81 bits per heavy atom. The smallest absolute Gasteiger partial charge is 0.149 e. The van der Waals surface area contributed by atoms with Gasteiger partial charge in [-0.2, -0.15) is 0 Å². The largest absolute Gasteiger partial charge is 0.390 e. The van der Waals surface area contributed by atoms with E-state index >= 15 is 0 Å². The number of nitrogens with zero attached hydrogens (tertiary/aromatic N) is 1. The van der Waals surface area contributed by atoms with Gasteiger partial charge in [-0.15, -0.1) is 0 Å². The van der Waals surface area contributed by atoms with Crippen molar-refractivity contribution in [1.29, 1.82) is 0 Å². The normalized spacial score (nSPS) is 48.8. The molecule has 0 spiro atoms. The summed E-state index contributed by atoms with van der Waals surface area (Å²) in [5, 5.41) is 15.2. The van der Waals surface area contributed by atoms with Crippen LogP contribution in [0.1, 0.15) is 78.0 Å². The molecule has 0 aromatic carbocycles. The Balaban J connectivity index is 1.60. The van der Waals surface area contributed by atoms with Crippen molar-refractivity contribution in [1.82, 2.24) is 5.16 Å². The lowest BCUT2D eigenvalue weighted by molar-refractivity contribution is -0.113. The highest BCUT2D eigenvalue weighted by Gasteiger charge is 2.63. The molecule has 4 aliphatic rings. The first kappa shape index (κ1) is 17.0. The van der Waals surface area contributed by atoms with Crippen LogP contribution in [0.5, 0.6) is 0 Å². The molecule has 0 bridgehead atoms. The summed E-state index contributed by atoms with van der Waals surface area (Å²) in [6.07, 6.45) is 11.3. The summed E-state index contributed by atoms with van der Waals surface area (Å²) < 4.78 is 5.69. The van der Waals surface area contributed by atoms with Gasteiger partial charge in [0.05, 0.1) is 11.8 Å². The standard InChI is InChI=1S/C23H33NO2/c1-20(2)18-7-6-15-16(21(18,3)12-14-13-24-26-19(14)20)8-10-22(4)17(15)9-11-23(22,5)25/h7,13,15-17,25H,6,8-12H2,1-5H3/t15-,16+,17-,21-,22-,23+/m1/s1. The Bertz CT molecular complexity index is 788. The zero-order valence-electron chi connectivity index (χ0n) is 16.9. The van der Waals surface area contributed by atoms with Gasteiger partial charge in [0.1, 0.15) is 5.76 Å². The zero-order valence-corrected chi connectivity index (χ0v) is 16.9. The molecule has 1 aromatic rings. The van der Waals surface area contributed by atoms with Crippen molar-refractivity contribution in [3.8, 4) is 0 Å². The van der Waals surface area contributed by atoms with Crippen LogP contribution in [0.15, 0.2) is 22.4 Å². The summed E-state index contributed by atoms with van der Waals surface area (Å²) in [5.74, 6) is 3.13. The van der Waals surface area contributed by atoms with Crippen LogP contribution in [-0.4, -0.2) is 15.9 Å². The van der Waals surface area contributed by atoms with Crippen LogP contribution in [0.3, 0.4) is 0 Å². The molecule has 2 saturated carbocycles. The Hall–Kier alpha value is -1.09. The SMILES string of the molecule is CC1(C)C2=CC[C@H]3[C@H]4CC[C@](C)(O)[C@]4(C)CC[C@@H]3[C@@]2(C)Cc2cnoc21. The lowest BCUT2D eigenvalue weighted by atomic mass is 9.44. The van der Waals surface area contributed by atoms with Crippen LogP contribution in [0, 0.1) is 28.6 Å². The summed E-state index contributed by atoms with van der Waals surface area (Å²) in [6, 6.07) is 0. The van der Waals surface area contributed by atoms with Gasteiger partial charge in [0.2, 0.25) is 0 Å². The molecular formula is C23H33NO2. The van der Waals surface area contributed by atoms with Gasteiger partial charge in [-0.05, 0) is 87.9 Å². The Kier molecular flexibility index (Phi) is 3.17. The lowest BCUT2D eigenvalue weighted by Gasteiger charge is -2.60. The third-order valence-electron chi connectivity index (χ3n) is 9.47. The summed E-state index contributed by atoms with van der Waals surface area (Å²) in [6.45, 7) is 11.6. The van der Waals surface area contributed by atoms with E-state index in [0.29, 0.717) is 17.8 Å². The molecule has 0 saturated heterocycles. The second kappa shape index (κ2) is 4.84. The maximum absolute atomic E-state index is 11.1. The number of aliphatic hydroxyl groups is 1. The number of fused-ring (bicyclic) bond motifs is 6. The number of hydrogen-bond acceptors (Lipinski definition) is 3. The van der Waals surface area contributed by atoms with E-state index in [1.54, 1.807) is 5.57 Å². The molecule has 0 unspecified atom stereocenters. The number of rotatable bonds is 0. The first-order valence-corrected chi connectivity index (χ1v) is 10.5. The van der Waals surface area contributed by atoms with Gasteiger partial charge in [-0.3, -0.25) is 0 Å². The minimum atomic E-state index is -0.499. The predicted octanol–water partition coefficient (Wildman–Crippen LogP) is 5.04. The first-order valence-electron chi connectivity index (χ1n) is 10.5. The van der Waals surface area contributed by atoms with Gasteiger partial charge < -0.3 is 9.63 Å². The number of hydrogen-bond donors (Lipinski definition) is 1. The van der Waals surface area contributed by atoms with Crippen LogP contribution in [-0.2, 0) is 11.8 Å². The van der Waals surface area contributed by atoms with Crippen molar-refractivity contribution in [3.05, 3.63) is 29.2 Å². The zero-order chi connectivity index (χ0) is 18.5. The average Bonchev–Trinajstić information content (AvgIpc) is 3.10. The van der Waals surface area contributed by atoms with E-state index in [-0.39, 0.29) is 16.2 Å². The molecule has 1 N–H and O–H groups in total. The lowest BCUT2D eigenvalue weighted by Crippen LogP contribution is -2.55. The molecule has 0 amide bonds. The highest BCUT2D eigenvalue weighted by Crippen LogP contribution is 2.68. The highest BCUT2D eigenvalue weighted by atomic mass is 16.5. The fraction of sp³-hybridized carbons (Fsp3) is 0.783. The Labute approximate surface area is 157 Å². The van der Waals surface area contributed by atoms with E-state index in [1.807, 2.05) is 6.20 Å². The second-order valence-electron chi connectivity index (χ2n) is 10.9. The van der Waals surface area contributed by atoms with Crippen molar-refractivity contribution in [2.45, 2.75) is 84.2 Å². The first-order chi connectivity index (χ1) is 12.1. The highest BCUT2D eigenvalue weighted by molar-refractivity contribution is 5.44. The molecule has 26 heavy (non-hydrogen) atoms. The van der Waals surface area contributed by atoms with Gasteiger partial charge in [-0.1, -0.05) is 30.7 Å². The molecule has 3 heteroatoms. The molecule has 1 aromatic heterocycles. The molecule has 5 rings (SSSR count).